The van der Waals surface area contributed by atoms with Crippen LogP contribution in [0.1, 0.15) is 25.8 Å². The maximum Gasteiger partial charge on any atom is 0.346 e. The van der Waals surface area contributed by atoms with E-state index in [1.54, 1.807) is 19.1 Å². The monoisotopic (exact) mass is 490 g/mol. The van der Waals surface area contributed by atoms with Gasteiger partial charge in [0.15, 0.2) is 17.6 Å². The minimum Gasteiger partial charge on any atom is -0.490 e. The highest BCUT2D eigenvalue weighted by Gasteiger charge is 2.59. The smallest absolute Gasteiger partial charge is 0.346 e. The fourth-order valence-electron chi connectivity index (χ4n) is 4.56. The molecule has 9 heteroatoms. The molecule has 1 heterocycles. The zero-order valence-electron chi connectivity index (χ0n) is 17.4. The Hall–Kier alpha value is -2.68. The number of amides is 2. The van der Waals surface area contributed by atoms with E-state index < -0.39 is 12.1 Å². The van der Waals surface area contributed by atoms with Crippen molar-refractivity contribution in [2.75, 3.05) is 13.7 Å². The first-order valence-electron chi connectivity index (χ1n) is 10.2. The molecule has 5 unspecified atom stereocenters. The molecule has 1 aromatic carbocycles. The summed E-state index contributed by atoms with van der Waals surface area (Å²) in [5, 5.41) is 5.20. The van der Waals surface area contributed by atoms with E-state index in [0.717, 1.165) is 11.4 Å². The summed E-state index contributed by atoms with van der Waals surface area (Å²) in [6.45, 7) is 3.77. The van der Waals surface area contributed by atoms with E-state index in [0.29, 0.717) is 28.1 Å². The normalized spacial score (nSPS) is 27.2. The maximum atomic E-state index is 12.8. The Morgan fingerprint density at radius 3 is 2.48 bits per heavy atom. The van der Waals surface area contributed by atoms with Gasteiger partial charge in [-0.15, -0.1) is 0 Å². The quantitative estimate of drug-likeness (QED) is 0.252. The van der Waals surface area contributed by atoms with Gasteiger partial charge in [-0.2, -0.15) is 10.1 Å². The Kier molecular flexibility index (Phi) is 5.88. The number of hydrogen-bond acceptors (Lipinski definition) is 7. The van der Waals surface area contributed by atoms with Gasteiger partial charge in [0.1, 0.15) is 0 Å². The number of methoxy groups -OCH3 is 1. The van der Waals surface area contributed by atoms with Crippen LogP contribution in [0, 0.1) is 23.7 Å². The van der Waals surface area contributed by atoms with Gasteiger partial charge in [-0.3, -0.25) is 9.59 Å². The molecule has 1 saturated carbocycles. The topological polar surface area (TPSA) is 94.5 Å². The van der Waals surface area contributed by atoms with E-state index in [1.165, 1.54) is 13.3 Å². The second-order valence-corrected chi connectivity index (χ2v) is 8.63. The summed E-state index contributed by atoms with van der Waals surface area (Å²) < 4.78 is 16.6. The Balaban J connectivity index is 1.56. The first-order chi connectivity index (χ1) is 14.8. The van der Waals surface area contributed by atoms with Gasteiger partial charge in [0.25, 0.3) is 11.8 Å². The molecular formula is C22H23BrN2O6. The third kappa shape index (κ3) is 3.75. The van der Waals surface area contributed by atoms with Gasteiger partial charge < -0.3 is 14.2 Å². The van der Waals surface area contributed by atoms with Crippen molar-refractivity contribution in [1.29, 1.82) is 0 Å². The second-order valence-electron chi connectivity index (χ2n) is 7.78. The third-order valence-electron chi connectivity index (χ3n) is 5.93. The van der Waals surface area contributed by atoms with Crippen LogP contribution >= 0.6 is 15.9 Å². The van der Waals surface area contributed by atoms with E-state index in [1.807, 2.05) is 19.1 Å². The van der Waals surface area contributed by atoms with Crippen LogP contribution in [0.4, 0.5) is 0 Å². The van der Waals surface area contributed by atoms with E-state index in [4.69, 9.17) is 14.2 Å². The molecule has 1 aromatic rings. The standard InChI is InChI=1S/C22H23BrN2O6/c1-4-30-16-8-12(7-15(23)19(16)31-11(2)22(28)29-3)10-24-25-20(26)17-13-5-6-14(9-13)18(17)21(25)27/h5-8,10-11,13-14,17-18H,4,9H2,1-3H3. The van der Waals surface area contributed by atoms with Crippen molar-refractivity contribution in [2.45, 2.75) is 26.4 Å². The molecule has 8 nitrogen and oxygen atoms in total. The molecule has 2 bridgehead atoms. The fourth-order valence-corrected chi connectivity index (χ4v) is 5.11. The Morgan fingerprint density at radius 2 is 1.90 bits per heavy atom. The molecule has 0 aromatic heterocycles. The van der Waals surface area contributed by atoms with Crippen LogP contribution < -0.4 is 9.47 Å². The number of nitrogens with zero attached hydrogens (tertiary/aromatic N) is 2. The van der Waals surface area contributed by atoms with E-state index in [9.17, 15) is 14.4 Å². The summed E-state index contributed by atoms with van der Waals surface area (Å²) in [5.41, 5.74) is 0.604. The molecule has 2 aliphatic carbocycles. The molecule has 3 aliphatic rings. The average Bonchev–Trinajstić information content (AvgIpc) is 3.43. The SMILES string of the molecule is CCOc1cc(C=NN2C(=O)C3C4C=CC(C4)C3C2=O)cc(Br)c1OC(C)C(=O)OC. The molecule has 0 radical (unpaired) electrons. The molecule has 0 spiro atoms. The van der Waals surface area contributed by atoms with Crippen molar-refractivity contribution in [3.63, 3.8) is 0 Å². The molecule has 5 atom stereocenters. The molecule has 2 amide bonds. The maximum absolute atomic E-state index is 12.8. The molecule has 1 aliphatic heterocycles. The van der Waals surface area contributed by atoms with Gasteiger partial charge in [0, 0.05) is 0 Å². The van der Waals surface area contributed by atoms with Crippen molar-refractivity contribution in [2.24, 2.45) is 28.8 Å². The van der Waals surface area contributed by atoms with Crippen molar-refractivity contribution >= 4 is 39.9 Å². The fraction of sp³-hybridized carbons (Fsp3) is 0.455. The number of rotatable bonds is 7. The average molecular weight is 491 g/mol. The molecule has 2 fully saturated rings. The highest BCUT2D eigenvalue weighted by molar-refractivity contribution is 9.10. The molecule has 0 N–H and O–H groups in total. The summed E-state index contributed by atoms with van der Waals surface area (Å²) >= 11 is 3.43. The number of ether oxygens (including phenoxy) is 3. The number of halogens is 1. The summed E-state index contributed by atoms with van der Waals surface area (Å²) in [4.78, 5) is 37.3. The molecule has 164 valence electrons. The molecule has 31 heavy (non-hydrogen) atoms. The lowest BCUT2D eigenvalue weighted by Crippen LogP contribution is -2.28. The highest BCUT2D eigenvalue weighted by Crippen LogP contribution is 2.52. The summed E-state index contributed by atoms with van der Waals surface area (Å²) in [6, 6.07) is 3.39. The highest BCUT2D eigenvalue weighted by atomic mass is 79.9. The summed E-state index contributed by atoms with van der Waals surface area (Å²) in [5.74, 6) is -0.549. The van der Waals surface area contributed by atoms with Gasteiger partial charge in [-0.25, -0.2) is 4.79 Å². The van der Waals surface area contributed by atoms with Crippen LogP contribution in [0.25, 0.3) is 0 Å². The lowest BCUT2D eigenvalue weighted by molar-refractivity contribution is -0.148. The number of benzene rings is 1. The number of allylic oxidation sites excluding steroid dienone is 2. The summed E-state index contributed by atoms with van der Waals surface area (Å²) in [7, 11) is 1.29. The van der Waals surface area contributed by atoms with Crippen LogP contribution in [0.5, 0.6) is 11.5 Å². The van der Waals surface area contributed by atoms with Crippen LogP contribution in [0.15, 0.2) is 33.9 Å². The second kappa shape index (κ2) is 8.45. The lowest BCUT2D eigenvalue weighted by Gasteiger charge is -2.18. The van der Waals surface area contributed by atoms with Gasteiger partial charge in [0.05, 0.1) is 36.2 Å². The Bertz CT molecular complexity index is 960. The molecular weight excluding hydrogens is 468 g/mol. The van der Waals surface area contributed by atoms with Gasteiger partial charge in [-0.1, -0.05) is 12.2 Å². The number of hydrazone groups is 1. The number of imide groups is 1. The van der Waals surface area contributed by atoms with E-state index >= 15 is 0 Å². The minimum absolute atomic E-state index is 0.138. The van der Waals surface area contributed by atoms with E-state index in [-0.39, 0.29) is 35.5 Å². The van der Waals surface area contributed by atoms with Gasteiger partial charge in [0.2, 0.25) is 0 Å². The van der Waals surface area contributed by atoms with Crippen molar-refractivity contribution in [3.05, 3.63) is 34.3 Å². The number of carbonyl (C=O) groups is 3. The van der Waals surface area contributed by atoms with Gasteiger partial charge in [-0.05, 0) is 65.7 Å². The Labute approximate surface area is 188 Å². The summed E-state index contributed by atoms with van der Waals surface area (Å²) in [6.07, 6.45) is 5.59. The van der Waals surface area contributed by atoms with Crippen LogP contribution in [0.3, 0.4) is 0 Å². The van der Waals surface area contributed by atoms with Crippen molar-refractivity contribution < 1.29 is 28.6 Å². The number of fused-ring (bicyclic) bond motifs is 5. The van der Waals surface area contributed by atoms with E-state index in [2.05, 4.69) is 21.0 Å². The van der Waals surface area contributed by atoms with Crippen LogP contribution in [-0.2, 0) is 19.1 Å². The third-order valence-corrected chi connectivity index (χ3v) is 6.52. The predicted octanol–water partition coefficient (Wildman–Crippen LogP) is 2.93. The number of hydrogen-bond donors (Lipinski definition) is 0. The van der Waals surface area contributed by atoms with Crippen molar-refractivity contribution in [3.8, 4) is 11.5 Å². The first-order valence-corrected chi connectivity index (χ1v) is 11.0. The lowest BCUT2D eigenvalue weighted by atomic mass is 9.85. The zero-order chi connectivity index (χ0) is 22.3. The van der Waals surface area contributed by atoms with Crippen LogP contribution in [-0.4, -0.2) is 48.8 Å². The van der Waals surface area contributed by atoms with Crippen molar-refractivity contribution in [1.82, 2.24) is 5.01 Å². The van der Waals surface area contributed by atoms with Crippen LogP contribution in [0.2, 0.25) is 0 Å². The minimum atomic E-state index is -0.830. The zero-order valence-corrected chi connectivity index (χ0v) is 19.0. The predicted molar refractivity (Wildman–Crippen MR) is 115 cm³/mol. The Morgan fingerprint density at radius 1 is 1.26 bits per heavy atom. The molecule has 4 rings (SSSR count). The molecule has 1 saturated heterocycles. The number of esters is 1. The largest absolute Gasteiger partial charge is 0.490 e. The number of carbonyl (C=O) groups excluding carboxylic acids is 3. The first kappa shape index (κ1) is 21.5. The van der Waals surface area contributed by atoms with Gasteiger partial charge >= 0.3 is 5.97 Å².